The molecule has 0 bridgehead atoms. The number of anilines is 6. The van der Waals surface area contributed by atoms with Crippen LogP contribution in [0, 0.1) is 5.92 Å². The van der Waals surface area contributed by atoms with E-state index < -0.39 is 6.04 Å². The van der Waals surface area contributed by atoms with Crippen molar-refractivity contribution in [3.63, 3.8) is 0 Å². The Morgan fingerprint density at radius 2 is 1.25 bits per heavy atom. The van der Waals surface area contributed by atoms with Crippen molar-refractivity contribution >= 4 is 41.2 Å². The van der Waals surface area contributed by atoms with E-state index in [9.17, 15) is 0 Å². The lowest BCUT2D eigenvalue weighted by atomic mass is 9.63. The zero-order valence-corrected chi connectivity index (χ0v) is 41.3. The molecule has 2 N–H and O–H groups in total. The van der Waals surface area contributed by atoms with Crippen molar-refractivity contribution in [2.45, 2.75) is 98.7 Å². The minimum absolute atomic E-state index is 0.0714. The fourth-order valence-electron chi connectivity index (χ4n) is 8.88. The van der Waals surface area contributed by atoms with E-state index >= 15 is 0 Å². The molecule has 0 radical (unpaired) electrons. The second-order valence-electron chi connectivity index (χ2n) is 21.4. The van der Waals surface area contributed by atoms with E-state index in [-0.39, 0.29) is 53.0 Å². The maximum Gasteiger partial charge on any atom is 0.404 e. The molecule has 0 fully saturated rings. The van der Waals surface area contributed by atoms with Gasteiger partial charge in [0.1, 0.15) is 17.3 Å². The first kappa shape index (κ1) is 40.1. The van der Waals surface area contributed by atoms with Crippen LogP contribution in [-0.4, -0.2) is 21.7 Å². The molecule has 1 aliphatic rings. The number of nitrogens with zero attached hydrogens (tertiary/aromatic N) is 4. The lowest BCUT2D eigenvalue weighted by Gasteiger charge is -2.38. The molecule has 2 aromatic heterocycles. The Balaban J connectivity index is 1.10. The Kier molecular flexibility index (Phi) is 10.7. The van der Waals surface area contributed by atoms with Crippen LogP contribution in [-0.2, 0) is 16.2 Å². The summed E-state index contributed by atoms with van der Waals surface area (Å²) in [6, 6.07) is 39.0. The number of hydrogen-bond donors (Lipinski definition) is 2. The molecule has 344 valence electrons. The highest BCUT2D eigenvalue weighted by Crippen LogP contribution is 2.46. The predicted molar refractivity (Wildman–Crippen MR) is 288 cm³/mol. The van der Waals surface area contributed by atoms with E-state index in [4.69, 9.17) is 21.7 Å². The van der Waals surface area contributed by atoms with Gasteiger partial charge in [-0.3, -0.25) is 4.59 Å². The monoisotopic (exact) mass is 902 g/mol. The molecule has 0 saturated carbocycles. The molecule has 6 aromatic carbocycles. The summed E-state index contributed by atoms with van der Waals surface area (Å²) in [6.45, 7) is 24.2. The van der Waals surface area contributed by atoms with Crippen molar-refractivity contribution in [1.29, 1.82) is 0 Å². The van der Waals surface area contributed by atoms with Crippen LogP contribution in [0.25, 0.3) is 33.5 Å². The average Bonchev–Trinajstić information content (AvgIpc) is 3.84. The van der Waals surface area contributed by atoms with Crippen molar-refractivity contribution in [3.05, 3.63) is 181 Å². The molecular weight excluding hydrogens is 832 g/mol. The van der Waals surface area contributed by atoms with Gasteiger partial charge in [-0.2, -0.15) is 5.10 Å². The Hall–Kier alpha value is -7.06. The lowest BCUT2D eigenvalue weighted by Crippen LogP contribution is -2.47. The van der Waals surface area contributed by atoms with E-state index in [1.54, 1.807) is 0 Å². The highest BCUT2D eigenvalue weighted by molar-refractivity contribution is 6.64. The summed E-state index contributed by atoms with van der Waals surface area (Å²) in [7, 11) is 0. The van der Waals surface area contributed by atoms with Gasteiger partial charge in [0, 0.05) is 52.6 Å². The van der Waals surface area contributed by atoms with Gasteiger partial charge in [-0.15, -0.1) is 0 Å². The van der Waals surface area contributed by atoms with Crippen LogP contribution < -0.4 is 20.2 Å². The van der Waals surface area contributed by atoms with Crippen molar-refractivity contribution in [1.82, 2.24) is 14.7 Å². The molecule has 0 atom stereocenters. The summed E-state index contributed by atoms with van der Waals surface area (Å²) in [6.07, 6.45) is 4.63. The molecule has 1 aliphatic heterocycles. The van der Waals surface area contributed by atoms with Crippen LogP contribution in [0.2, 0.25) is 6.32 Å². The van der Waals surface area contributed by atoms with E-state index in [1.165, 1.54) is 5.56 Å². The Labute approximate surface area is 411 Å². The normalized spacial score (nSPS) is 13.8. The van der Waals surface area contributed by atoms with Gasteiger partial charge in [-0.1, -0.05) is 161 Å². The van der Waals surface area contributed by atoms with Crippen molar-refractivity contribution in [2.75, 3.05) is 15.4 Å². The zero-order chi connectivity index (χ0) is 52.3. The van der Waals surface area contributed by atoms with E-state index in [0.717, 1.165) is 62.7 Å². The average molecular weight is 902 g/mol. The molecule has 0 aliphatic carbocycles. The fourth-order valence-corrected chi connectivity index (χ4v) is 8.88. The van der Waals surface area contributed by atoms with Gasteiger partial charge in [0.15, 0.2) is 0 Å². The summed E-state index contributed by atoms with van der Waals surface area (Å²) < 4.78 is 52.7. The molecular formula is C60H65BN6O. The minimum Gasteiger partial charge on any atom is -0.457 e. The smallest absolute Gasteiger partial charge is 0.404 e. The second kappa shape index (κ2) is 18.2. The molecule has 0 unspecified atom stereocenters. The number of fused-ring (bicyclic) bond motifs is 3. The van der Waals surface area contributed by atoms with Crippen molar-refractivity contribution in [3.8, 4) is 45.0 Å². The number of pyridine rings is 1. The number of benzene rings is 6. The number of aromatic nitrogens is 3. The molecule has 0 amide bonds. The highest BCUT2D eigenvalue weighted by Gasteiger charge is 2.38. The van der Waals surface area contributed by atoms with E-state index in [0.29, 0.717) is 34.4 Å². The first-order chi connectivity index (χ1) is 34.5. The summed E-state index contributed by atoms with van der Waals surface area (Å²) in [5.74, 6) is 2.55. The molecule has 7 nitrogen and oxygen atoms in total. The van der Waals surface area contributed by atoms with E-state index in [1.807, 2.05) is 85.2 Å². The van der Waals surface area contributed by atoms with Crippen molar-refractivity contribution < 1.29 is 11.6 Å². The van der Waals surface area contributed by atoms with Gasteiger partial charge in [0.25, 0.3) is 0 Å². The lowest BCUT2D eigenvalue weighted by molar-refractivity contribution is 0.483. The van der Waals surface area contributed by atoms with Crippen LogP contribution in [0.3, 0.4) is 0 Å². The maximum absolute atomic E-state index is 9.09. The van der Waals surface area contributed by atoms with Crippen LogP contribution >= 0.6 is 0 Å². The first-order valence-electron chi connectivity index (χ1n) is 26.2. The third kappa shape index (κ3) is 9.69. The number of para-hydroxylation sites is 3. The van der Waals surface area contributed by atoms with Gasteiger partial charge in [0.2, 0.25) is 0 Å². The van der Waals surface area contributed by atoms with Crippen LogP contribution in [0.15, 0.2) is 164 Å². The summed E-state index contributed by atoms with van der Waals surface area (Å²) in [4.78, 5) is 7.27. The summed E-state index contributed by atoms with van der Waals surface area (Å²) in [5, 5.41) is 12.2. The third-order valence-electron chi connectivity index (χ3n) is 12.6. The van der Waals surface area contributed by atoms with Gasteiger partial charge in [-0.05, 0) is 111 Å². The Bertz CT molecular complexity index is 3330. The molecule has 0 spiro atoms. The molecule has 8 aromatic rings. The standard InChI is InChI=1S/C60H65BN6O/c1-40(2)39-61-66(56-36-43(29-31-62-56)58(3,4)5)55-38-48(27-28-51(55)54-30-32-63-67(54)61)68-47-22-17-21-46(37-47)64-52-25-15-16-26-53(52)65-57-49(41-19-13-12-14-20-41)23-18-24-50(57)42-33-44(59(6,7)8)35-45(34-42)60(9,10)11/h12-38,40,64-65H,39H2,1-11H3/i12D,13D,14D,19D,20D. The number of hydrogen-bond acceptors (Lipinski definition) is 6. The SMILES string of the molecule is [2H]c1c([2H])c([2H])c(-c2cccc(-c3cc(C(C)(C)C)cc(C(C)(C)C)c3)c2Nc2ccccc2Nc2cccc(Oc3ccc4c(c3)N(c3cc(C(C)(C)C)ccn3)B(CC(C)C)n3nccc3-4)c2)c([2H])c1[2H]. The van der Waals surface area contributed by atoms with Gasteiger partial charge >= 0.3 is 6.98 Å². The molecule has 0 saturated heterocycles. The second-order valence-corrected chi connectivity index (χ2v) is 21.4. The fraction of sp³-hybridized carbons (Fsp3) is 0.267. The number of nitrogens with one attached hydrogen (secondary N) is 2. The predicted octanol–water partition coefficient (Wildman–Crippen LogP) is 16.6. The molecule has 3 heterocycles. The Morgan fingerprint density at radius 3 is 1.93 bits per heavy atom. The summed E-state index contributed by atoms with van der Waals surface area (Å²) in [5.41, 5.74) is 11.4. The largest absolute Gasteiger partial charge is 0.457 e. The maximum atomic E-state index is 9.09. The Morgan fingerprint density at radius 1 is 0.603 bits per heavy atom. The topological polar surface area (TPSA) is 67.2 Å². The van der Waals surface area contributed by atoms with Crippen molar-refractivity contribution in [2.24, 2.45) is 5.92 Å². The number of ether oxygens (including phenoxy) is 1. The third-order valence-corrected chi connectivity index (χ3v) is 12.6. The number of rotatable bonds is 11. The molecule has 8 heteroatoms. The van der Waals surface area contributed by atoms with Crippen LogP contribution in [0.5, 0.6) is 11.5 Å². The van der Waals surface area contributed by atoms with Gasteiger partial charge in [0.05, 0.1) is 29.6 Å². The zero-order valence-electron chi connectivity index (χ0n) is 46.3. The van der Waals surface area contributed by atoms with Crippen LogP contribution in [0.1, 0.15) is 99.7 Å². The minimum atomic E-state index is -0.436. The molecule has 9 rings (SSSR count). The summed E-state index contributed by atoms with van der Waals surface area (Å²) >= 11 is 0. The van der Waals surface area contributed by atoms with Gasteiger partial charge in [-0.25, -0.2) is 4.98 Å². The van der Waals surface area contributed by atoms with Gasteiger partial charge < -0.3 is 20.2 Å². The molecule has 68 heavy (non-hydrogen) atoms. The quantitative estimate of drug-likeness (QED) is 0.126. The first-order valence-corrected chi connectivity index (χ1v) is 23.7. The van der Waals surface area contributed by atoms with E-state index in [2.05, 4.69) is 145 Å². The van der Waals surface area contributed by atoms with Crippen LogP contribution in [0.4, 0.5) is 34.3 Å². The highest BCUT2D eigenvalue weighted by atomic mass is 16.5.